The van der Waals surface area contributed by atoms with E-state index in [1.807, 2.05) is 25.1 Å². The van der Waals surface area contributed by atoms with Crippen LogP contribution in [0.1, 0.15) is 17.3 Å². The summed E-state index contributed by atoms with van der Waals surface area (Å²) >= 11 is 0. The summed E-state index contributed by atoms with van der Waals surface area (Å²) in [6.07, 6.45) is 4.95. The Morgan fingerprint density at radius 1 is 1.27 bits per heavy atom. The van der Waals surface area contributed by atoms with Gasteiger partial charge in [-0.3, -0.25) is 4.79 Å². The first-order valence-electron chi connectivity index (χ1n) is 7.17. The van der Waals surface area contributed by atoms with E-state index in [-0.39, 0.29) is 18.6 Å². The molecule has 0 aromatic heterocycles. The molecule has 0 aliphatic heterocycles. The summed E-state index contributed by atoms with van der Waals surface area (Å²) in [7, 11) is 1.60. The van der Waals surface area contributed by atoms with Gasteiger partial charge in [-0.15, -0.1) is 6.42 Å². The van der Waals surface area contributed by atoms with Crippen molar-refractivity contribution in [3.63, 3.8) is 0 Å². The van der Waals surface area contributed by atoms with Gasteiger partial charge in [-0.1, -0.05) is 24.1 Å². The molecule has 2 unspecified atom stereocenters. The smallest absolute Gasteiger partial charge is 0.251 e. The van der Waals surface area contributed by atoms with Crippen molar-refractivity contribution in [3.8, 4) is 12.3 Å². The molecule has 1 aromatic carbocycles. The van der Waals surface area contributed by atoms with E-state index in [1.54, 1.807) is 19.2 Å². The second kappa shape index (κ2) is 10.8. The Morgan fingerprint density at radius 2 is 2.00 bits per heavy atom. The molecule has 0 saturated heterocycles. The third-order valence-electron chi connectivity index (χ3n) is 2.84. The highest BCUT2D eigenvalue weighted by Crippen LogP contribution is 1.99. The Balaban J connectivity index is 2.24. The lowest BCUT2D eigenvalue weighted by Gasteiger charge is -2.16. The molecular weight excluding hydrogens is 282 g/mol. The molecule has 5 heteroatoms. The minimum absolute atomic E-state index is 0.120. The van der Waals surface area contributed by atoms with Crippen LogP contribution in [-0.4, -0.2) is 51.6 Å². The van der Waals surface area contributed by atoms with Gasteiger partial charge < -0.3 is 19.5 Å². The van der Waals surface area contributed by atoms with E-state index in [9.17, 15) is 4.79 Å². The van der Waals surface area contributed by atoms with Gasteiger partial charge in [-0.25, -0.2) is 0 Å². The second-order valence-electron chi connectivity index (χ2n) is 4.80. The zero-order valence-electron chi connectivity index (χ0n) is 13.1. The minimum atomic E-state index is -0.410. The Hall–Kier alpha value is -1.87. The molecule has 0 aliphatic rings. The normalized spacial score (nSPS) is 13.1. The van der Waals surface area contributed by atoms with Crippen molar-refractivity contribution in [2.75, 3.05) is 33.5 Å². The molecule has 5 nitrogen and oxygen atoms in total. The molecule has 0 fully saturated rings. The van der Waals surface area contributed by atoms with Crippen LogP contribution in [0.25, 0.3) is 0 Å². The number of benzene rings is 1. The number of nitrogens with one attached hydrogen (secondary N) is 1. The van der Waals surface area contributed by atoms with Gasteiger partial charge in [0.2, 0.25) is 0 Å². The first kappa shape index (κ1) is 18.2. The van der Waals surface area contributed by atoms with Gasteiger partial charge in [0.05, 0.1) is 26.4 Å². The van der Waals surface area contributed by atoms with Crippen LogP contribution in [0.4, 0.5) is 0 Å². The largest absolute Gasteiger partial charge is 0.382 e. The molecule has 1 rings (SSSR count). The van der Waals surface area contributed by atoms with Gasteiger partial charge in [-0.2, -0.15) is 0 Å². The van der Waals surface area contributed by atoms with Crippen molar-refractivity contribution >= 4 is 5.91 Å². The standard InChI is InChI=1S/C17H23NO4/c1-4-16(22-11-10-20-3)13-21-12-14(2)18-17(19)15-8-6-5-7-9-15/h1,5-9,14,16H,10-13H2,2-3H3,(H,18,19). The summed E-state index contributed by atoms with van der Waals surface area (Å²) in [4.78, 5) is 11.9. The fraction of sp³-hybridized carbons (Fsp3) is 0.471. The van der Waals surface area contributed by atoms with Gasteiger partial charge in [-0.05, 0) is 19.1 Å². The zero-order chi connectivity index (χ0) is 16.2. The van der Waals surface area contributed by atoms with Crippen LogP contribution in [0.2, 0.25) is 0 Å². The number of hydrogen-bond donors (Lipinski definition) is 1. The third-order valence-corrected chi connectivity index (χ3v) is 2.84. The maximum Gasteiger partial charge on any atom is 0.251 e. The first-order valence-corrected chi connectivity index (χ1v) is 7.17. The lowest BCUT2D eigenvalue weighted by Crippen LogP contribution is -2.36. The number of carbonyl (C=O) groups excluding carboxylic acids is 1. The number of carbonyl (C=O) groups is 1. The fourth-order valence-corrected chi connectivity index (χ4v) is 1.71. The lowest BCUT2D eigenvalue weighted by atomic mass is 10.2. The highest BCUT2D eigenvalue weighted by molar-refractivity contribution is 5.94. The average molecular weight is 305 g/mol. The lowest BCUT2D eigenvalue weighted by molar-refractivity contribution is -0.00931. The zero-order valence-corrected chi connectivity index (χ0v) is 13.1. The SMILES string of the molecule is C#CC(COCC(C)NC(=O)c1ccccc1)OCCOC. The van der Waals surface area contributed by atoms with Crippen LogP contribution in [0.5, 0.6) is 0 Å². The maximum atomic E-state index is 11.9. The molecule has 0 radical (unpaired) electrons. The van der Waals surface area contributed by atoms with Crippen molar-refractivity contribution in [2.24, 2.45) is 0 Å². The number of terminal acetylenes is 1. The molecule has 120 valence electrons. The predicted molar refractivity (Wildman–Crippen MR) is 84.6 cm³/mol. The van der Waals surface area contributed by atoms with Gasteiger partial charge >= 0.3 is 0 Å². The summed E-state index contributed by atoms with van der Waals surface area (Å²) in [5.41, 5.74) is 0.624. The van der Waals surface area contributed by atoms with Gasteiger partial charge in [0, 0.05) is 18.7 Å². The number of rotatable bonds is 10. The molecular formula is C17H23NO4. The summed E-state index contributed by atoms with van der Waals surface area (Å²) < 4.78 is 15.8. The molecule has 0 aliphatic carbocycles. The van der Waals surface area contributed by atoms with Crippen molar-refractivity contribution in [1.29, 1.82) is 0 Å². The molecule has 0 bridgehead atoms. The quantitative estimate of drug-likeness (QED) is 0.525. The van der Waals surface area contributed by atoms with Crippen LogP contribution in [0.3, 0.4) is 0 Å². The van der Waals surface area contributed by atoms with E-state index in [2.05, 4.69) is 11.2 Å². The molecule has 0 heterocycles. The summed E-state index contributed by atoms with van der Waals surface area (Å²) in [6, 6.07) is 8.93. The molecule has 1 aromatic rings. The molecule has 1 amide bonds. The van der Waals surface area contributed by atoms with Crippen molar-refractivity contribution < 1.29 is 19.0 Å². The van der Waals surface area contributed by atoms with Crippen LogP contribution >= 0.6 is 0 Å². The highest BCUT2D eigenvalue weighted by atomic mass is 16.5. The van der Waals surface area contributed by atoms with Crippen LogP contribution in [0, 0.1) is 12.3 Å². The number of ether oxygens (including phenoxy) is 3. The first-order chi connectivity index (χ1) is 10.7. The Kier molecular flexibility index (Phi) is 8.92. The average Bonchev–Trinajstić information content (AvgIpc) is 2.54. The molecule has 0 saturated carbocycles. The Morgan fingerprint density at radius 3 is 2.64 bits per heavy atom. The van der Waals surface area contributed by atoms with Gasteiger partial charge in [0.25, 0.3) is 5.91 Å². The van der Waals surface area contributed by atoms with Crippen molar-refractivity contribution in [1.82, 2.24) is 5.32 Å². The van der Waals surface area contributed by atoms with Crippen molar-refractivity contribution in [3.05, 3.63) is 35.9 Å². The summed E-state index contributed by atoms with van der Waals surface area (Å²) in [5.74, 6) is 2.39. The fourth-order valence-electron chi connectivity index (χ4n) is 1.71. The van der Waals surface area contributed by atoms with Gasteiger partial charge in [0.1, 0.15) is 6.10 Å². The van der Waals surface area contributed by atoms with Crippen LogP contribution < -0.4 is 5.32 Å². The second-order valence-corrected chi connectivity index (χ2v) is 4.80. The summed E-state index contributed by atoms with van der Waals surface area (Å²) in [5, 5.41) is 2.86. The predicted octanol–water partition coefficient (Wildman–Crippen LogP) is 1.49. The molecule has 22 heavy (non-hydrogen) atoms. The van der Waals surface area contributed by atoms with E-state index in [0.717, 1.165) is 0 Å². The van der Waals surface area contributed by atoms with E-state index < -0.39 is 6.10 Å². The number of methoxy groups -OCH3 is 1. The van der Waals surface area contributed by atoms with E-state index in [0.29, 0.717) is 25.4 Å². The van der Waals surface area contributed by atoms with E-state index >= 15 is 0 Å². The summed E-state index contributed by atoms with van der Waals surface area (Å²) in [6.45, 7) is 3.43. The van der Waals surface area contributed by atoms with Crippen LogP contribution in [-0.2, 0) is 14.2 Å². The monoisotopic (exact) mass is 305 g/mol. The van der Waals surface area contributed by atoms with E-state index in [4.69, 9.17) is 20.6 Å². The van der Waals surface area contributed by atoms with E-state index in [1.165, 1.54) is 0 Å². The number of amides is 1. The Bertz CT molecular complexity index is 469. The maximum absolute atomic E-state index is 11.9. The van der Waals surface area contributed by atoms with Crippen molar-refractivity contribution in [2.45, 2.75) is 19.1 Å². The Labute approximate surface area is 131 Å². The number of hydrogen-bond acceptors (Lipinski definition) is 4. The van der Waals surface area contributed by atoms with Crippen LogP contribution in [0.15, 0.2) is 30.3 Å². The molecule has 0 spiro atoms. The van der Waals surface area contributed by atoms with Gasteiger partial charge in [0.15, 0.2) is 0 Å². The highest BCUT2D eigenvalue weighted by Gasteiger charge is 2.11. The molecule has 2 atom stereocenters. The third kappa shape index (κ3) is 7.23. The minimum Gasteiger partial charge on any atom is -0.382 e. The topological polar surface area (TPSA) is 56.8 Å². The molecule has 1 N–H and O–H groups in total.